The minimum Gasteiger partial charge on any atom is -0.365 e. The summed E-state index contributed by atoms with van der Waals surface area (Å²) in [6.45, 7) is 3.92. The van der Waals surface area contributed by atoms with Crippen LogP contribution in [0.25, 0.3) is 0 Å². The molecule has 0 atom stereocenters. The van der Waals surface area contributed by atoms with Crippen molar-refractivity contribution in [3.8, 4) is 0 Å². The summed E-state index contributed by atoms with van der Waals surface area (Å²) in [5, 5.41) is 11.5. The SMILES string of the molecule is CS(=O)(=O)c1ccc(N2CCCN(Cc3ccccc3)CC2)c([N+](=O)[O-])c1. The highest BCUT2D eigenvalue weighted by Gasteiger charge is 2.24. The quantitative estimate of drug-likeness (QED) is 0.577. The minimum absolute atomic E-state index is 0.0292. The standard InChI is InChI=1S/C19H23N3O4S/c1-27(25,26)17-8-9-18(19(14-17)22(23)24)21-11-5-10-20(12-13-21)15-16-6-3-2-4-7-16/h2-4,6-9,14H,5,10-13,15H2,1H3. The molecule has 7 nitrogen and oxygen atoms in total. The minimum atomic E-state index is -3.49. The van der Waals surface area contributed by atoms with E-state index < -0.39 is 14.8 Å². The van der Waals surface area contributed by atoms with Crippen molar-refractivity contribution in [3.05, 3.63) is 64.2 Å². The maximum Gasteiger partial charge on any atom is 0.293 e. The van der Waals surface area contributed by atoms with E-state index in [4.69, 9.17) is 0 Å². The molecule has 0 saturated carbocycles. The first kappa shape index (κ1) is 19.3. The Morgan fingerprint density at radius 1 is 1.04 bits per heavy atom. The first-order valence-corrected chi connectivity index (χ1v) is 10.7. The lowest BCUT2D eigenvalue weighted by Gasteiger charge is -2.23. The van der Waals surface area contributed by atoms with E-state index in [0.29, 0.717) is 18.8 Å². The topological polar surface area (TPSA) is 83.8 Å². The molecule has 3 rings (SSSR count). The maximum absolute atomic E-state index is 11.7. The lowest BCUT2D eigenvalue weighted by Crippen LogP contribution is -2.30. The highest BCUT2D eigenvalue weighted by atomic mass is 32.2. The van der Waals surface area contributed by atoms with Crippen molar-refractivity contribution in [2.45, 2.75) is 17.9 Å². The number of sulfone groups is 1. The molecule has 1 saturated heterocycles. The van der Waals surface area contributed by atoms with Crippen LogP contribution in [0.2, 0.25) is 0 Å². The number of nitro groups is 1. The average molecular weight is 389 g/mol. The third-order valence-corrected chi connectivity index (χ3v) is 5.86. The molecule has 144 valence electrons. The van der Waals surface area contributed by atoms with Gasteiger partial charge in [0.05, 0.1) is 9.82 Å². The van der Waals surface area contributed by atoms with E-state index in [-0.39, 0.29) is 10.6 Å². The van der Waals surface area contributed by atoms with Crippen LogP contribution in [0.1, 0.15) is 12.0 Å². The van der Waals surface area contributed by atoms with Gasteiger partial charge in [-0.2, -0.15) is 0 Å². The third-order valence-electron chi connectivity index (χ3n) is 4.75. The highest BCUT2D eigenvalue weighted by Crippen LogP contribution is 2.31. The molecule has 0 unspecified atom stereocenters. The van der Waals surface area contributed by atoms with E-state index in [9.17, 15) is 18.5 Å². The molecular formula is C19H23N3O4S. The zero-order valence-corrected chi connectivity index (χ0v) is 16.1. The van der Waals surface area contributed by atoms with Crippen molar-refractivity contribution in [2.24, 2.45) is 0 Å². The molecule has 1 heterocycles. The van der Waals surface area contributed by atoms with Gasteiger partial charge in [0.1, 0.15) is 5.69 Å². The fourth-order valence-electron chi connectivity index (χ4n) is 3.36. The van der Waals surface area contributed by atoms with Gasteiger partial charge in [-0.25, -0.2) is 8.42 Å². The van der Waals surface area contributed by atoms with Crippen LogP contribution in [0.5, 0.6) is 0 Å². The monoisotopic (exact) mass is 389 g/mol. The van der Waals surface area contributed by atoms with Crippen molar-refractivity contribution in [1.29, 1.82) is 0 Å². The number of benzene rings is 2. The fourth-order valence-corrected chi connectivity index (χ4v) is 4.00. The lowest BCUT2D eigenvalue weighted by atomic mass is 10.2. The number of hydrogen-bond donors (Lipinski definition) is 0. The van der Waals surface area contributed by atoms with Gasteiger partial charge in [-0.1, -0.05) is 30.3 Å². The third kappa shape index (κ3) is 4.84. The summed E-state index contributed by atoms with van der Waals surface area (Å²) < 4.78 is 23.4. The number of nitrogens with zero attached hydrogens (tertiary/aromatic N) is 3. The molecule has 0 radical (unpaired) electrons. The van der Waals surface area contributed by atoms with Gasteiger partial charge in [-0.3, -0.25) is 15.0 Å². The summed E-state index contributed by atoms with van der Waals surface area (Å²) in [5.41, 5.74) is 1.57. The summed E-state index contributed by atoms with van der Waals surface area (Å²) in [7, 11) is -3.49. The Morgan fingerprint density at radius 3 is 2.44 bits per heavy atom. The van der Waals surface area contributed by atoms with Crippen molar-refractivity contribution in [2.75, 3.05) is 37.3 Å². The zero-order valence-electron chi connectivity index (χ0n) is 15.2. The normalized spacial score (nSPS) is 16.1. The van der Waals surface area contributed by atoms with Crippen LogP contribution in [0.3, 0.4) is 0 Å². The Balaban J connectivity index is 1.78. The first-order chi connectivity index (χ1) is 12.8. The van der Waals surface area contributed by atoms with Crippen molar-refractivity contribution in [3.63, 3.8) is 0 Å². The summed E-state index contributed by atoms with van der Waals surface area (Å²) >= 11 is 0. The van der Waals surface area contributed by atoms with Crippen LogP contribution >= 0.6 is 0 Å². The molecule has 0 bridgehead atoms. The molecule has 0 N–H and O–H groups in total. The van der Waals surface area contributed by atoms with Crippen LogP contribution < -0.4 is 4.90 Å². The summed E-state index contributed by atoms with van der Waals surface area (Å²) in [5.74, 6) is 0. The predicted octanol–water partition coefficient (Wildman–Crippen LogP) is 2.71. The van der Waals surface area contributed by atoms with E-state index in [0.717, 1.165) is 38.4 Å². The Morgan fingerprint density at radius 2 is 1.78 bits per heavy atom. The molecule has 0 amide bonds. The van der Waals surface area contributed by atoms with Crippen molar-refractivity contribution < 1.29 is 13.3 Å². The van der Waals surface area contributed by atoms with Gasteiger partial charge in [0.15, 0.2) is 9.84 Å². The molecule has 1 fully saturated rings. The van der Waals surface area contributed by atoms with E-state index in [1.807, 2.05) is 23.1 Å². The van der Waals surface area contributed by atoms with Crippen LogP contribution in [0.15, 0.2) is 53.4 Å². The van der Waals surface area contributed by atoms with Gasteiger partial charge < -0.3 is 4.90 Å². The second-order valence-corrected chi connectivity index (χ2v) is 8.80. The second-order valence-electron chi connectivity index (χ2n) is 6.78. The molecule has 2 aromatic carbocycles. The van der Waals surface area contributed by atoms with E-state index in [2.05, 4.69) is 17.0 Å². The van der Waals surface area contributed by atoms with Gasteiger partial charge in [0.2, 0.25) is 0 Å². The number of hydrogen-bond acceptors (Lipinski definition) is 6. The van der Waals surface area contributed by atoms with Gasteiger partial charge in [-0.15, -0.1) is 0 Å². The Bertz CT molecular complexity index is 916. The molecule has 0 spiro atoms. The molecule has 0 aliphatic carbocycles. The van der Waals surface area contributed by atoms with Crippen LogP contribution in [0.4, 0.5) is 11.4 Å². The molecule has 1 aliphatic heterocycles. The Hall–Kier alpha value is -2.45. The predicted molar refractivity (Wildman–Crippen MR) is 105 cm³/mol. The molecule has 1 aliphatic rings. The van der Waals surface area contributed by atoms with Crippen molar-refractivity contribution >= 4 is 21.2 Å². The molecule has 2 aromatic rings. The molecule has 8 heteroatoms. The second kappa shape index (κ2) is 8.06. The van der Waals surface area contributed by atoms with Gasteiger partial charge in [0.25, 0.3) is 5.69 Å². The highest BCUT2D eigenvalue weighted by molar-refractivity contribution is 7.90. The van der Waals surface area contributed by atoms with Crippen LogP contribution in [-0.2, 0) is 16.4 Å². The zero-order chi connectivity index (χ0) is 19.4. The fraction of sp³-hybridized carbons (Fsp3) is 0.368. The number of anilines is 1. The molecular weight excluding hydrogens is 366 g/mol. The van der Waals surface area contributed by atoms with E-state index in [1.165, 1.54) is 11.6 Å². The van der Waals surface area contributed by atoms with Crippen molar-refractivity contribution in [1.82, 2.24) is 4.90 Å². The first-order valence-electron chi connectivity index (χ1n) is 8.84. The van der Waals surface area contributed by atoms with Gasteiger partial charge in [0, 0.05) is 45.0 Å². The summed E-state index contributed by atoms with van der Waals surface area (Å²) in [6, 6.07) is 14.4. The van der Waals surface area contributed by atoms with Gasteiger partial charge >= 0.3 is 0 Å². The Kier molecular flexibility index (Phi) is 5.76. The molecule has 27 heavy (non-hydrogen) atoms. The largest absolute Gasteiger partial charge is 0.365 e. The van der Waals surface area contributed by atoms with E-state index in [1.54, 1.807) is 6.07 Å². The molecule has 0 aromatic heterocycles. The number of nitro benzene ring substituents is 1. The van der Waals surface area contributed by atoms with Crippen LogP contribution in [-0.4, -0.2) is 50.7 Å². The summed E-state index contributed by atoms with van der Waals surface area (Å²) in [6.07, 6.45) is 1.94. The van der Waals surface area contributed by atoms with E-state index >= 15 is 0 Å². The summed E-state index contributed by atoms with van der Waals surface area (Å²) in [4.78, 5) is 15.3. The Labute approximate surface area is 159 Å². The van der Waals surface area contributed by atoms with Crippen LogP contribution in [0, 0.1) is 10.1 Å². The maximum atomic E-state index is 11.7. The smallest absolute Gasteiger partial charge is 0.293 e. The lowest BCUT2D eigenvalue weighted by molar-refractivity contribution is -0.384. The number of rotatable bonds is 5. The van der Waals surface area contributed by atoms with Gasteiger partial charge in [-0.05, 0) is 24.1 Å². The average Bonchev–Trinajstić information content (AvgIpc) is 2.87.